The van der Waals surface area contributed by atoms with E-state index in [0.717, 1.165) is 6.42 Å². The highest BCUT2D eigenvalue weighted by atomic mass is 16.5. The largest absolute Gasteiger partial charge is 0.493 e. The molecule has 2 amide bonds. The fourth-order valence-electron chi connectivity index (χ4n) is 2.98. The summed E-state index contributed by atoms with van der Waals surface area (Å²) >= 11 is 0. The van der Waals surface area contributed by atoms with Gasteiger partial charge in [-0.1, -0.05) is 36.4 Å². The molecule has 3 aromatic carbocycles. The van der Waals surface area contributed by atoms with Crippen LogP contribution in [-0.2, 0) is 6.42 Å². The molecule has 0 aliphatic heterocycles. The molecule has 3 rings (SSSR count). The highest BCUT2D eigenvalue weighted by Gasteiger charge is 2.15. The van der Waals surface area contributed by atoms with E-state index in [1.807, 2.05) is 45.0 Å². The highest BCUT2D eigenvalue weighted by Crippen LogP contribution is 2.17. The summed E-state index contributed by atoms with van der Waals surface area (Å²) in [5, 5.41) is 5.77. The molecule has 0 radical (unpaired) electrons. The van der Waals surface area contributed by atoms with Gasteiger partial charge in [0.15, 0.2) is 0 Å². The smallest absolute Gasteiger partial charge is 0.255 e. The van der Waals surface area contributed by atoms with Crippen LogP contribution in [0.15, 0.2) is 78.9 Å². The van der Waals surface area contributed by atoms with E-state index in [0.29, 0.717) is 29.2 Å². The van der Waals surface area contributed by atoms with Crippen LogP contribution in [0.3, 0.4) is 0 Å². The fourth-order valence-corrected chi connectivity index (χ4v) is 2.98. The summed E-state index contributed by atoms with van der Waals surface area (Å²) in [5.74, 6) is 0.268. The molecule has 0 spiro atoms. The number of amides is 2. The van der Waals surface area contributed by atoms with Gasteiger partial charge in [-0.25, -0.2) is 0 Å². The van der Waals surface area contributed by atoms with Gasteiger partial charge >= 0.3 is 0 Å². The van der Waals surface area contributed by atoms with Crippen LogP contribution in [0.25, 0.3) is 0 Å². The van der Waals surface area contributed by atoms with Crippen LogP contribution in [0.4, 0.5) is 5.69 Å². The Hall–Kier alpha value is -3.60. The lowest BCUT2D eigenvalue weighted by Crippen LogP contribution is -2.40. The zero-order chi connectivity index (χ0) is 22.3. The molecule has 5 heteroatoms. The number of carbonyl (C=O) groups is 2. The normalized spacial score (nSPS) is 10.9. The maximum Gasteiger partial charge on any atom is 0.255 e. The van der Waals surface area contributed by atoms with Crippen molar-refractivity contribution in [3.05, 3.63) is 95.6 Å². The number of rotatable bonds is 7. The number of hydrogen-bond acceptors (Lipinski definition) is 3. The van der Waals surface area contributed by atoms with Gasteiger partial charge in [0, 0.05) is 28.8 Å². The minimum Gasteiger partial charge on any atom is -0.493 e. The van der Waals surface area contributed by atoms with Crippen molar-refractivity contribution in [2.24, 2.45) is 0 Å². The molecule has 0 aliphatic carbocycles. The monoisotopic (exact) mass is 416 g/mol. The van der Waals surface area contributed by atoms with Crippen molar-refractivity contribution >= 4 is 17.5 Å². The molecule has 31 heavy (non-hydrogen) atoms. The van der Waals surface area contributed by atoms with Crippen LogP contribution in [0.5, 0.6) is 5.75 Å². The number of benzene rings is 3. The van der Waals surface area contributed by atoms with Crippen LogP contribution in [0.1, 0.15) is 47.1 Å². The Morgan fingerprint density at radius 3 is 2.19 bits per heavy atom. The quantitative estimate of drug-likeness (QED) is 0.564. The summed E-state index contributed by atoms with van der Waals surface area (Å²) in [7, 11) is 0. The van der Waals surface area contributed by atoms with Crippen molar-refractivity contribution in [2.45, 2.75) is 32.7 Å². The fraction of sp³-hybridized carbons (Fsp3) is 0.231. The maximum absolute atomic E-state index is 12.6. The number of carbonyl (C=O) groups excluding carboxylic acids is 2. The van der Waals surface area contributed by atoms with E-state index in [2.05, 4.69) is 22.8 Å². The van der Waals surface area contributed by atoms with Crippen LogP contribution >= 0.6 is 0 Å². The molecular formula is C26H28N2O3. The minimum atomic E-state index is -0.307. The van der Waals surface area contributed by atoms with Crippen LogP contribution in [0.2, 0.25) is 0 Å². The Bertz CT molecular complexity index is 1020. The number of anilines is 1. The number of hydrogen-bond donors (Lipinski definition) is 2. The van der Waals surface area contributed by atoms with Crippen molar-refractivity contribution < 1.29 is 14.3 Å². The SMILES string of the molecule is CC(C)(C)NC(=O)c1ccc(NC(=O)c2cccc(OCCc3ccccc3)c2)cc1. The van der Waals surface area contributed by atoms with Crippen LogP contribution < -0.4 is 15.4 Å². The molecule has 5 nitrogen and oxygen atoms in total. The molecule has 0 atom stereocenters. The van der Waals surface area contributed by atoms with E-state index in [-0.39, 0.29) is 17.4 Å². The molecule has 3 aromatic rings. The first-order chi connectivity index (χ1) is 14.8. The lowest BCUT2D eigenvalue weighted by atomic mass is 10.1. The van der Waals surface area contributed by atoms with E-state index >= 15 is 0 Å². The van der Waals surface area contributed by atoms with Crippen LogP contribution in [-0.4, -0.2) is 24.0 Å². The second-order valence-electron chi connectivity index (χ2n) is 8.35. The van der Waals surface area contributed by atoms with Crippen molar-refractivity contribution in [1.29, 1.82) is 0 Å². The molecule has 2 N–H and O–H groups in total. The zero-order valence-corrected chi connectivity index (χ0v) is 18.1. The first kappa shape index (κ1) is 22.1. The standard InChI is InChI=1S/C26H28N2O3/c1-26(2,3)28-25(30)20-12-14-22(15-13-20)27-24(29)21-10-7-11-23(18-21)31-17-16-19-8-5-4-6-9-19/h4-15,18H,16-17H2,1-3H3,(H,27,29)(H,28,30). The highest BCUT2D eigenvalue weighted by molar-refractivity contribution is 6.04. The van der Waals surface area contributed by atoms with E-state index in [4.69, 9.17) is 4.74 Å². The van der Waals surface area contributed by atoms with Gasteiger partial charge in [0.1, 0.15) is 5.75 Å². The van der Waals surface area contributed by atoms with Gasteiger partial charge in [-0.15, -0.1) is 0 Å². The minimum absolute atomic E-state index is 0.147. The van der Waals surface area contributed by atoms with Gasteiger partial charge in [-0.05, 0) is 68.8 Å². The average Bonchev–Trinajstić information content (AvgIpc) is 2.74. The molecular weight excluding hydrogens is 388 g/mol. The van der Waals surface area contributed by atoms with Gasteiger partial charge in [0.25, 0.3) is 11.8 Å². The molecule has 0 aromatic heterocycles. The molecule has 0 fully saturated rings. The topological polar surface area (TPSA) is 67.4 Å². The number of nitrogens with one attached hydrogen (secondary N) is 2. The maximum atomic E-state index is 12.6. The Kier molecular flexibility index (Phi) is 7.08. The third kappa shape index (κ3) is 7.00. The molecule has 0 heterocycles. The summed E-state index contributed by atoms with van der Waals surface area (Å²) in [5.41, 5.74) is 2.57. The van der Waals surface area contributed by atoms with Crippen molar-refractivity contribution in [3.63, 3.8) is 0 Å². The summed E-state index contributed by atoms with van der Waals surface area (Å²) < 4.78 is 5.81. The van der Waals surface area contributed by atoms with E-state index in [1.54, 1.807) is 42.5 Å². The summed E-state index contributed by atoms with van der Waals surface area (Å²) in [6.07, 6.45) is 0.798. The number of ether oxygens (including phenoxy) is 1. The van der Waals surface area contributed by atoms with Gasteiger partial charge < -0.3 is 15.4 Å². The van der Waals surface area contributed by atoms with Gasteiger partial charge in [-0.3, -0.25) is 9.59 Å². The van der Waals surface area contributed by atoms with E-state index in [9.17, 15) is 9.59 Å². The van der Waals surface area contributed by atoms with Crippen molar-refractivity contribution in [3.8, 4) is 5.75 Å². The first-order valence-corrected chi connectivity index (χ1v) is 10.3. The van der Waals surface area contributed by atoms with E-state index in [1.165, 1.54) is 5.56 Å². The molecule has 0 aliphatic rings. The molecule has 160 valence electrons. The molecule has 0 saturated carbocycles. The Balaban J connectivity index is 1.56. The predicted molar refractivity (Wildman–Crippen MR) is 124 cm³/mol. The predicted octanol–water partition coefficient (Wildman–Crippen LogP) is 5.09. The third-order valence-electron chi connectivity index (χ3n) is 4.49. The summed E-state index contributed by atoms with van der Waals surface area (Å²) in [4.78, 5) is 24.8. The van der Waals surface area contributed by atoms with Crippen LogP contribution in [0, 0.1) is 0 Å². The van der Waals surface area contributed by atoms with Gasteiger partial charge in [0.05, 0.1) is 6.61 Å². The zero-order valence-electron chi connectivity index (χ0n) is 18.1. The second-order valence-corrected chi connectivity index (χ2v) is 8.35. The molecule has 0 unspecified atom stereocenters. The molecule has 0 saturated heterocycles. The Labute approximate surface area is 183 Å². The van der Waals surface area contributed by atoms with Crippen molar-refractivity contribution in [1.82, 2.24) is 5.32 Å². The molecule has 0 bridgehead atoms. The van der Waals surface area contributed by atoms with Crippen molar-refractivity contribution in [2.75, 3.05) is 11.9 Å². The Morgan fingerprint density at radius 1 is 0.806 bits per heavy atom. The Morgan fingerprint density at radius 2 is 1.52 bits per heavy atom. The van der Waals surface area contributed by atoms with E-state index < -0.39 is 0 Å². The lowest BCUT2D eigenvalue weighted by molar-refractivity contribution is 0.0919. The second kappa shape index (κ2) is 9.94. The lowest BCUT2D eigenvalue weighted by Gasteiger charge is -2.20. The summed E-state index contributed by atoms with van der Waals surface area (Å²) in [6, 6.07) is 24.0. The average molecular weight is 417 g/mol. The first-order valence-electron chi connectivity index (χ1n) is 10.3. The third-order valence-corrected chi connectivity index (χ3v) is 4.49. The van der Waals surface area contributed by atoms with Gasteiger partial charge in [-0.2, -0.15) is 0 Å². The van der Waals surface area contributed by atoms with Gasteiger partial charge in [0.2, 0.25) is 0 Å². The summed E-state index contributed by atoms with van der Waals surface area (Å²) in [6.45, 7) is 6.32.